The minimum atomic E-state index is -4.68. The number of methoxy groups -OCH3 is 1. The number of hydrogen-bond donors (Lipinski definition) is 2. The van der Waals surface area contributed by atoms with Gasteiger partial charge in [0.2, 0.25) is 5.95 Å². The van der Waals surface area contributed by atoms with E-state index in [0.29, 0.717) is 31.9 Å². The molecule has 3 rings (SSSR count). The minimum Gasteiger partial charge on any atom is -0.381 e. The molecule has 2 N–H and O–H groups in total. The van der Waals surface area contributed by atoms with Crippen molar-refractivity contribution in [1.82, 2.24) is 15.0 Å². The number of anilines is 2. The minimum absolute atomic E-state index is 0.0741. The first-order valence-corrected chi connectivity index (χ1v) is 9.55. The van der Waals surface area contributed by atoms with Crippen LogP contribution >= 0.6 is 0 Å². The standard InChI is InChI=1S/C19H21F6N5O/c1-31-13-4-2-12(3-5-13)29-16-15(19(23,24)25)10-28-17(30-16)27-9-11-8-26-7-6-14(11)18(20,21)22/h6-8,10,12-13H,2-5,9H2,1H3,(H2,27,28,29,30)/t12-,13+. The highest BCUT2D eigenvalue weighted by Gasteiger charge is 2.36. The van der Waals surface area contributed by atoms with Crippen LogP contribution in [0.15, 0.2) is 24.7 Å². The van der Waals surface area contributed by atoms with Crippen LogP contribution in [0.5, 0.6) is 0 Å². The van der Waals surface area contributed by atoms with Gasteiger partial charge in [-0.15, -0.1) is 0 Å². The van der Waals surface area contributed by atoms with Crippen LogP contribution in [0.2, 0.25) is 0 Å². The lowest BCUT2D eigenvalue weighted by Gasteiger charge is -2.29. The van der Waals surface area contributed by atoms with Crippen molar-refractivity contribution in [2.45, 2.75) is 56.7 Å². The van der Waals surface area contributed by atoms with E-state index in [1.165, 1.54) is 0 Å². The molecule has 0 atom stereocenters. The maximum absolute atomic E-state index is 13.4. The van der Waals surface area contributed by atoms with Crippen molar-refractivity contribution < 1.29 is 31.1 Å². The number of halogens is 6. The van der Waals surface area contributed by atoms with E-state index in [0.717, 1.165) is 18.5 Å². The molecule has 0 aliphatic heterocycles. The van der Waals surface area contributed by atoms with Crippen LogP contribution in [-0.4, -0.2) is 34.2 Å². The van der Waals surface area contributed by atoms with Crippen molar-refractivity contribution in [3.63, 3.8) is 0 Å². The van der Waals surface area contributed by atoms with Crippen molar-refractivity contribution in [3.05, 3.63) is 41.3 Å². The number of rotatable bonds is 6. The molecular formula is C19H21F6N5O. The molecule has 1 fully saturated rings. The molecule has 0 bridgehead atoms. The maximum Gasteiger partial charge on any atom is 0.421 e. The van der Waals surface area contributed by atoms with Gasteiger partial charge in [0.15, 0.2) is 0 Å². The highest BCUT2D eigenvalue weighted by atomic mass is 19.4. The van der Waals surface area contributed by atoms with E-state index < -0.39 is 29.3 Å². The molecule has 0 saturated heterocycles. The summed E-state index contributed by atoms with van der Waals surface area (Å²) < 4.78 is 84.8. The van der Waals surface area contributed by atoms with Crippen LogP contribution in [-0.2, 0) is 23.6 Å². The van der Waals surface area contributed by atoms with Crippen LogP contribution in [0.1, 0.15) is 42.4 Å². The third-order valence-electron chi connectivity index (χ3n) is 5.09. The number of pyridine rings is 1. The smallest absolute Gasteiger partial charge is 0.381 e. The van der Waals surface area contributed by atoms with Crippen LogP contribution in [0.25, 0.3) is 0 Å². The Balaban J connectivity index is 1.78. The summed E-state index contributed by atoms with van der Waals surface area (Å²) in [6.45, 7) is -0.355. The number of nitrogens with one attached hydrogen (secondary N) is 2. The summed E-state index contributed by atoms with van der Waals surface area (Å²) in [6.07, 6.45) is -3.92. The predicted octanol–water partition coefficient (Wildman–Crippen LogP) is 4.89. The maximum atomic E-state index is 13.4. The van der Waals surface area contributed by atoms with E-state index in [1.807, 2.05) is 0 Å². The largest absolute Gasteiger partial charge is 0.421 e. The van der Waals surface area contributed by atoms with Crippen molar-refractivity contribution in [1.29, 1.82) is 0 Å². The zero-order valence-corrected chi connectivity index (χ0v) is 16.5. The van der Waals surface area contributed by atoms with Gasteiger partial charge in [-0.25, -0.2) is 4.98 Å². The molecule has 0 radical (unpaired) electrons. The fourth-order valence-electron chi connectivity index (χ4n) is 3.44. The van der Waals surface area contributed by atoms with Crippen molar-refractivity contribution >= 4 is 11.8 Å². The first-order valence-electron chi connectivity index (χ1n) is 9.55. The van der Waals surface area contributed by atoms with Crippen molar-refractivity contribution in [2.75, 3.05) is 17.7 Å². The highest BCUT2D eigenvalue weighted by Crippen LogP contribution is 2.36. The average Bonchev–Trinajstić information content (AvgIpc) is 2.71. The van der Waals surface area contributed by atoms with Gasteiger partial charge >= 0.3 is 12.4 Å². The van der Waals surface area contributed by atoms with E-state index in [4.69, 9.17) is 4.74 Å². The van der Waals surface area contributed by atoms with Gasteiger partial charge in [0, 0.05) is 43.9 Å². The molecule has 1 aliphatic rings. The Morgan fingerprint density at radius 2 is 1.68 bits per heavy atom. The Morgan fingerprint density at radius 1 is 1.00 bits per heavy atom. The lowest BCUT2D eigenvalue weighted by atomic mass is 9.93. The zero-order chi connectivity index (χ0) is 22.6. The van der Waals surface area contributed by atoms with Crippen molar-refractivity contribution in [3.8, 4) is 0 Å². The van der Waals surface area contributed by atoms with Gasteiger partial charge in [-0.05, 0) is 31.7 Å². The lowest BCUT2D eigenvalue weighted by molar-refractivity contribution is -0.138. The molecule has 0 spiro atoms. The molecule has 1 saturated carbocycles. The Kier molecular flexibility index (Phi) is 6.87. The quantitative estimate of drug-likeness (QED) is 0.612. The fraction of sp³-hybridized carbons (Fsp3) is 0.526. The summed E-state index contributed by atoms with van der Waals surface area (Å²) in [7, 11) is 1.59. The number of nitrogens with zero attached hydrogens (tertiary/aromatic N) is 3. The number of hydrogen-bond acceptors (Lipinski definition) is 6. The van der Waals surface area contributed by atoms with Gasteiger partial charge in [0.25, 0.3) is 0 Å². The molecule has 170 valence electrons. The second-order valence-corrected chi connectivity index (χ2v) is 7.19. The molecule has 6 nitrogen and oxygen atoms in total. The Labute approximate surface area is 174 Å². The summed E-state index contributed by atoms with van der Waals surface area (Å²) in [6, 6.07) is 0.596. The third-order valence-corrected chi connectivity index (χ3v) is 5.09. The molecule has 2 heterocycles. The van der Waals surface area contributed by atoms with Crippen LogP contribution in [0, 0.1) is 0 Å². The summed E-state index contributed by atoms with van der Waals surface area (Å²) in [5.41, 5.74) is -2.11. The molecule has 1 aliphatic carbocycles. The van der Waals surface area contributed by atoms with E-state index in [1.54, 1.807) is 7.11 Å². The third kappa shape index (κ3) is 5.96. The molecular weight excluding hydrogens is 428 g/mol. The average molecular weight is 449 g/mol. The number of ether oxygens (including phenoxy) is 1. The van der Waals surface area contributed by atoms with Crippen LogP contribution in [0.3, 0.4) is 0 Å². The Hall–Kier alpha value is -2.63. The summed E-state index contributed by atoms with van der Waals surface area (Å²) in [5.74, 6) is -0.633. The second kappa shape index (κ2) is 9.25. The SMILES string of the molecule is CO[C@H]1CC[C@@H](Nc2nc(NCc3cnccc3C(F)(F)F)ncc2C(F)(F)F)CC1. The molecule has 31 heavy (non-hydrogen) atoms. The van der Waals surface area contributed by atoms with Gasteiger partial charge < -0.3 is 15.4 Å². The van der Waals surface area contributed by atoms with Crippen LogP contribution < -0.4 is 10.6 Å². The van der Waals surface area contributed by atoms with E-state index in [2.05, 4.69) is 25.6 Å². The summed E-state index contributed by atoms with van der Waals surface area (Å²) >= 11 is 0. The molecule has 2 aromatic rings. The van der Waals surface area contributed by atoms with Gasteiger partial charge in [-0.2, -0.15) is 31.3 Å². The predicted molar refractivity (Wildman–Crippen MR) is 100 cm³/mol. The van der Waals surface area contributed by atoms with Gasteiger partial charge in [0.05, 0.1) is 11.7 Å². The fourth-order valence-corrected chi connectivity index (χ4v) is 3.44. The van der Waals surface area contributed by atoms with E-state index >= 15 is 0 Å². The molecule has 0 unspecified atom stereocenters. The summed E-state index contributed by atoms with van der Waals surface area (Å²) in [5, 5.41) is 5.37. The zero-order valence-electron chi connectivity index (χ0n) is 16.5. The van der Waals surface area contributed by atoms with Crippen molar-refractivity contribution in [2.24, 2.45) is 0 Å². The highest BCUT2D eigenvalue weighted by molar-refractivity contribution is 5.49. The molecule has 0 aromatic carbocycles. The first kappa shape index (κ1) is 23.0. The second-order valence-electron chi connectivity index (χ2n) is 7.19. The number of alkyl halides is 6. The van der Waals surface area contributed by atoms with E-state index in [9.17, 15) is 26.3 Å². The normalized spacial score (nSPS) is 19.8. The van der Waals surface area contributed by atoms with E-state index in [-0.39, 0.29) is 30.2 Å². The number of aromatic nitrogens is 3. The monoisotopic (exact) mass is 449 g/mol. The Morgan fingerprint density at radius 3 is 2.29 bits per heavy atom. The lowest BCUT2D eigenvalue weighted by Crippen LogP contribution is -2.30. The van der Waals surface area contributed by atoms with Crippen LogP contribution in [0.4, 0.5) is 38.1 Å². The first-order chi connectivity index (χ1) is 14.6. The molecule has 12 heteroatoms. The van der Waals surface area contributed by atoms with Gasteiger partial charge in [-0.1, -0.05) is 0 Å². The topological polar surface area (TPSA) is 72.0 Å². The van der Waals surface area contributed by atoms with Gasteiger partial charge in [-0.3, -0.25) is 4.98 Å². The molecule has 0 amide bonds. The summed E-state index contributed by atoms with van der Waals surface area (Å²) in [4.78, 5) is 11.2. The molecule has 2 aromatic heterocycles. The van der Waals surface area contributed by atoms with Gasteiger partial charge in [0.1, 0.15) is 11.4 Å². The Bertz CT molecular complexity index is 881.